The number of fused-ring (bicyclic) bond motifs is 1. The van der Waals surface area contributed by atoms with E-state index < -0.39 is 17.3 Å². The van der Waals surface area contributed by atoms with Gasteiger partial charge < -0.3 is 9.88 Å². The van der Waals surface area contributed by atoms with Crippen LogP contribution in [0.1, 0.15) is 18.4 Å². The molecule has 0 spiro atoms. The lowest BCUT2D eigenvalue weighted by molar-refractivity contribution is -0.136. The van der Waals surface area contributed by atoms with Crippen LogP contribution in [0.3, 0.4) is 0 Å². The standard InChI is InChI=1S/C11H10F3N3OS/c12-11(13,14)6-5-7(18)15-9-8(6)19-10(16-9)17-3-1-2-4-17/h5H,1-4H2,(H,15,18). The highest BCUT2D eigenvalue weighted by Crippen LogP contribution is 2.38. The van der Waals surface area contributed by atoms with Crippen molar-refractivity contribution in [2.24, 2.45) is 0 Å². The summed E-state index contributed by atoms with van der Waals surface area (Å²) >= 11 is 0.981. The van der Waals surface area contributed by atoms with Crippen molar-refractivity contribution in [1.82, 2.24) is 9.97 Å². The van der Waals surface area contributed by atoms with E-state index in [1.807, 2.05) is 4.90 Å². The van der Waals surface area contributed by atoms with Gasteiger partial charge in [0.25, 0.3) is 0 Å². The first-order valence-corrected chi connectivity index (χ1v) is 6.63. The molecule has 1 N–H and O–H groups in total. The molecule has 8 heteroatoms. The molecule has 1 aliphatic rings. The Balaban J connectivity index is 2.18. The van der Waals surface area contributed by atoms with Crippen molar-refractivity contribution in [1.29, 1.82) is 0 Å². The zero-order valence-corrected chi connectivity index (χ0v) is 10.6. The Morgan fingerprint density at radius 1 is 1.32 bits per heavy atom. The number of pyridine rings is 1. The number of nitrogens with one attached hydrogen (secondary N) is 1. The predicted octanol–water partition coefficient (Wildman–Crippen LogP) is 2.60. The molecule has 1 saturated heterocycles. The first-order valence-electron chi connectivity index (χ1n) is 5.81. The Morgan fingerprint density at radius 2 is 2.00 bits per heavy atom. The van der Waals surface area contributed by atoms with Crippen molar-refractivity contribution < 1.29 is 13.2 Å². The molecule has 0 unspecified atom stereocenters. The number of aromatic amines is 1. The first-order chi connectivity index (χ1) is 8.95. The molecule has 19 heavy (non-hydrogen) atoms. The molecule has 0 radical (unpaired) electrons. The van der Waals surface area contributed by atoms with E-state index in [0.717, 1.165) is 37.3 Å². The van der Waals surface area contributed by atoms with Crippen LogP contribution in [0.15, 0.2) is 10.9 Å². The third-order valence-electron chi connectivity index (χ3n) is 3.06. The normalized spacial score (nSPS) is 16.5. The summed E-state index contributed by atoms with van der Waals surface area (Å²) in [6.45, 7) is 1.59. The maximum absolute atomic E-state index is 12.9. The number of anilines is 1. The lowest BCUT2D eigenvalue weighted by Gasteiger charge is -2.11. The van der Waals surface area contributed by atoms with Crippen LogP contribution in [0, 0.1) is 0 Å². The molecule has 0 aromatic carbocycles. The van der Waals surface area contributed by atoms with Gasteiger partial charge in [0, 0.05) is 19.2 Å². The molecule has 3 heterocycles. The Morgan fingerprint density at radius 3 is 2.63 bits per heavy atom. The third-order valence-corrected chi connectivity index (χ3v) is 4.21. The zero-order chi connectivity index (χ0) is 13.6. The summed E-state index contributed by atoms with van der Waals surface area (Å²) < 4.78 is 38.7. The topological polar surface area (TPSA) is 49.0 Å². The molecule has 102 valence electrons. The SMILES string of the molecule is O=c1cc(C(F)(F)F)c2sc(N3CCCC3)nc2[nH]1. The van der Waals surface area contributed by atoms with Gasteiger partial charge in [0.05, 0.1) is 10.3 Å². The second-order valence-electron chi connectivity index (χ2n) is 4.41. The van der Waals surface area contributed by atoms with Gasteiger partial charge in [-0.15, -0.1) is 0 Å². The van der Waals surface area contributed by atoms with Crippen molar-refractivity contribution >= 4 is 26.8 Å². The fourth-order valence-electron chi connectivity index (χ4n) is 2.18. The molecule has 4 nitrogen and oxygen atoms in total. The number of alkyl halides is 3. The third kappa shape index (κ3) is 2.20. The minimum Gasteiger partial charge on any atom is -0.348 e. The Hall–Kier alpha value is -1.57. The molecule has 2 aromatic rings. The number of thiazole rings is 1. The lowest BCUT2D eigenvalue weighted by Crippen LogP contribution is -2.17. The highest BCUT2D eigenvalue weighted by Gasteiger charge is 2.35. The lowest BCUT2D eigenvalue weighted by atomic mass is 10.2. The molecular formula is C11H10F3N3OS. The second kappa shape index (κ2) is 4.22. The number of hydrogen-bond acceptors (Lipinski definition) is 4. The van der Waals surface area contributed by atoms with Gasteiger partial charge in [-0.05, 0) is 12.8 Å². The van der Waals surface area contributed by atoms with Crippen molar-refractivity contribution in [3.63, 3.8) is 0 Å². The summed E-state index contributed by atoms with van der Waals surface area (Å²) in [7, 11) is 0. The number of hydrogen-bond donors (Lipinski definition) is 1. The fraction of sp³-hybridized carbons (Fsp3) is 0.455. The maximum atomic E-state index is 12.9. The van der Waals surface area contributed by atoms with Crippen LogP contribution >= 0.6 is 11.3 Å². The van der Waals surface area contributed by atoms with E-state index >= 15 is 0 Å². The summed E-state index contributed by atoms with van der Waals surface area (Å²) in [4.78, 5) is 19.7. The van der Waals surface area contributed by atoms with E-state index in [2.05, 4.69) is 9.97 Å². The number of H-pyrrole nitrogens is 1. The van der Waals surface area contributed by atoms with Gasteiger partial charge >= 0.3 is 6.18 Å². The van der Waals surface area contributed by atoms with Crippen molar-refractivity contribution in [2.75, 3.05) is 18.0 Å². The molecule has 2 aromatic heterocycles. The van der Waals surface area contributed by atoms with Crippen molar-refractivity contribution in [3.05, 3.63) is 22.0 Å². The zero-order valence-electron chi connectivity index (χ0n) is 9.75. The predicted molar refractivity (Wildman–Crippen MR) is 66.7 cm³/mol. The first kappa shape index (κ1) is 12.5. The Labute approximate surface area is 109 Å². The van der Waals surface area contributed by atoms with Gasteiger partial charge in [-0.25, -0.2) is 4.98 Å². The van der Waals surface area contributed by atoms with Crippen LogP contribution in [-0.2, 0) is 6.18 Å². The molecule has 3 rings (SSSR count). The summed E-state index contributed by atoms with van der Waals surface area (Å²) in [5.74, 6) is 0. The van der Waals surface area contributed by atoms with Gasteiger partial charge in [0.2, 0.25) is 5.56 Å². The largest absolute Gasteiger partial charge is 0.418 e. The van der Waals surface area contributed by atoms with Crippen LogP contribution in [0.5, 0.6) is 0 Å². The number of halogens is 3. The highest BCUT2D eigenvalue weighted by molar-refractivity contribution is 7.22. The molecule has 0 atom stereocenters. The molecule has 0 amide bonds. The van der Waals surface area contributed by atoms with Gasteiger partial charge in [-0.2, -0.15) is 13.2 Å². The van der Waals surface area contributed by atoms with E-state index in [0.29, 0.717) is 11.2 Å². The maximum Gasteiger partial charge on any atom is 0.418 e. The van der Waals surface area contributed by atoms with E-state index in [1.165, 1.54) is 0 Å². The van der Waals surface area contributed by atoms with Gasteiger partial charge in [0.1, 0.15) is 0 Å². The molecule has 1 fully saturated rings. The Kier molecular flexibility index (Phi) is 2.77. The van der Waals surface area contributed by atoms with Crippen LogP contribution in [0.4, 0.5) is 18.3 Å². The monoisotopic (exact) mass is 289 g/mol. The average Bonchev–Trinajstić information content (AvgIpc) is 2.93. The number of aromatic nitrogens is 2. The quantitative estimate of drug-likeness (QED) is 0.878. The summed E-state index contributed by atoms with van der Waals surface area (Å²) in [5.41, 5.74) is -1.67. The van der Waals surface area contributed by atoms with E-state index in [4.69, 9.17) is 0 Å². The smallest absolute Gasteiger partial charge is 0.348 e. The van der Waals surface area contributed by atoms with Gasteiger partial charge in [-0.1, -0.05) is 11.3 Å². The van der Waals surface area contributed by atoms with Crippen LogP contribution in [0.25, 0.3) is 10.3 Å². The molecular weight excluding hydrogens is 279 g/mol. The van der Waals surface area contributed by atoms with Crippen molar-refractivity contribution in [2.45, 2.75) is 19.0 Å². The van der Waals surface area contributed by atoms with Crippen LogP contribution < -0.4 is 10.5 Å². The minimum atomic E-state index is -4.54. The summed E-state index contributed by atoms with van der Waals surface area (Å²) in [5, 5.41) is 0.542. The van der Waals surface area contributed by atoms with Crippen LogP contribution in [-0.4, -0.2) is 23.1 Å². The number of rotatable bonds is 1. The average molecular weight is 289 g/mol. The van der Waals surface area contributed by atoms with Crippen molar-refractivity contribution in [3.8, 4) is 0 Å². The molecule has 0 aliphatic carbocycles. The Bertz CT molecular complexity index is 670. The summed E-state index contributed by atoms with van der Waals surface area (Å²) in [6, 6.07) is 0.592. The molecule has 1 aliphatic heterocycles. The van der Waals surface area contributed by atoms with E-state index in [-0.39, 0.29) is 10.3 Å². The second-order valence-corrected chi connectivity index (χ2v) is 5.39. The highest BCUT2D eigenvalue weighted by atomic mass is 32.1. The fourth-order valence-corrected chi connectivity index (χ4v) is 3.29. The van der Waals surface area contributed by atoms with Gasteiger partial charge in [-0.3, -0.25) is 4.79 Å². The molecule has 0 saturated carbocycles. The van der Waals surface area contributed by atoms with Crippen LogP contribution in [0.2, 0.25) is 0 Å². The van der Waals surface area contributed by atoms with E-state index in [1.54, 1.807) is 0 Å². The van der Waals surface area contributed by atoms with E-state index in [9.17, 15) is 18.0 Å². The molecule has 0 bridgehead atoms. The number of nitrogens with zero attached hydrogens (tertiary/aromatic N) is 2. The van der Waals surface area contributed by atoms with Gasteiger partial charge in [0.15, 0.2) is 10.8 Å². The summed E-state index contributed by atoms with van der Waals surface area (Å²) in [6.07, 6.45) is -2.52. The minimum absolute atomic E-state index is 0.00556.